The normalized spacial score (nSPS) is 12.1. The van der Waals surface area contributed by atoms with Gasteiger partial charge in [-0.05, 0) is 54.7 Å². The molecule has 0 aliphatic carbocycles. The lowest BCUT2D eigenvalue weighted by molar-refractivity contribution is -0.138. The second-order valence-electron chi connectivity index (χ2n) is 9.18. The topological polar surface area (TPSA) is 86.8 Å². The summed E-state index contributed by atoms with van der Waals surface area (Å²) in [6.45, 7) is 5.59. The molecule has 3 aromatic carbocycles. The summed E-state index contributed by atoms with van der Waals surface area (Å²) in [5.41, 5.74) is 2.46. The highest BCUT2D eigenvalue weighted by Crippen LogP contribution is 2.26. The Balaban J connectivity index is 1.97. The summed E-state index contributed by atoms with van der Waals surface area (Å²) in [5.74, 6) is -0.503. The number of hydrogen-bond donors (Lipinski definition) is 1. The van der Waals surface area contributed by atoms with Crippen molar-refractivity contribution in [1.82, 2.24) is 10.2 Å². The standard InChI is InChI=1S/C29H35N3O4S/c1-22(2)25-15-17-26(18-16-25)32(37(35,36)27-13-9-6-10-14-27)21-28(33)31(23(3)29(34)30-4)20-19-24-11-7-5-8-12-24/h5-18,22-23H,19-21H2,1-4H3,(H,30,34)/t23-/m1/s1. The van der Waals surface area contributed by atoms with E-state index in [9.17, 15) is 18.0 Å². The molecule has 196 valence electrons. The van der Waals surface area contributed by atoms with Crippen LogP contribution in [0.15, 0.2) is 89.8 Å². The van der Waals surface area contributed by atoms with Gasteiger partial charge in [-0.25, -0.2) is 8.42 Å². The van der Waals surface area contributed by atoms with Crippen LogP contribution in [0.3, 0.4) is 0 Å². The number of carbonyl (C=O) groups excluding carboxylic acids is 2. The van der Waals surface area contributed by atoms with Crippen LogP contribution < -0.4 is 9.62 Å². The molecule has 3 aromatic rings. The summed E-state index contributed by atoms with van der Waals surface area (Å²) in [6, 6.07) is 24.1. The van der Waals surface area contributed by atoms with Gasteiger partial charge in [0.05, 0.1) is 10.6 Å². The van der Waals surface area contributed by atoms with Gasteiger partial charge in [0.25, 0.3) is 10.0 Å². The van der Waals surface area contributed by atoms with Crippen LogP contribution in [0.25, 0.3) is 0 Å². The zero-order valence-electron chi connectivity index (χ0n) is 21.8. The van der Waals surface area contributed by atoms with Crippen molar-refractivity contribution in [2.45, 2.75) is 44.0 Å². The van der Waals surface area contributed by atoms with E-state index >= 15 is 0 Å². The lowest BCUT2D eigenvalue weighted by Gasteiger charge is -2.31. The highest BCUT2D eigenvalue weighted by molar-refractivity contribution is 7.92. The van der Waals surface area contributed by atoms with Crippen molar-refractivity contribution in [3.05, 3.63) is 96.1 Å². The molecule has 0 unspecified atom stereocenters. The van der Waals surface area contributed by atoms with Crippen molar-refractivity contribution >= 4 is 27.5 Å². The Morgan fingerprint density at radius 2 is 1.41 bits per heavy atom. The molecule has 1 N–H and O–H groups in total. The van der Waals surface area contributed by atoms with Crippen molar-refractivity contribution < 1.29 is 18.0 Å². The van der Waals surface area contributed by atoms with E-state index in [2.05, 4.69) is 19.2 Å². The van der Waals surface area contributed by atoms with Gasteiger partial charge in [-0.2, -0.15) is 0 Å². The number of rotatable bonds is 11. The van der Waals surface area contributed by atoms with Gasteiger partial charge in [0.2, 0.25) is 11.8 Å². The van der Waals surface area contributed by atoms with Gasteiger partial charge in [-0.15, -0.1) is 0 Å². The third kappa shape index (κ3) is 6.98. The van der Waals surface area contributed by atoms with Gasteiger partial charge < -0.3 is 10.2 Å². The van der Waals surface area contributed by atoms with Gasteiger partial charge >= 0.3 is 0 Å². The molecular weight excluding hydrogens is 486 g/mol. The van der Waals surface area contributed by atoms with Crippen LogP contribution in [-0.4, -0.2) is 51.3 Å². The molecule has 0 fully saturated rings. The average molecular weight is 522 g/mol. The number of nitrogens with one attached hydrogen (secondary N) is 1. The maximum absolute atomic E-state index is 13.7. The average Bonchev–Trinajstić information content (AvgIpc) is 2.92. The number of carbonyl (C=O) groups is 2. The van der Waals surface area contributed by atoms with Gasteiger partial charge in [0, 0.05) is 13.6 Å². The highest BCUT2D eigenvalue weighted by atomic mass is 32.2. The van der Waals surface area contributed by atoms with Crippen LogP contribution in [0.1, 0.15) is 37.8 Å². The van der Waals surface area contributed by atoms with Crippen molar-refractivity contribution in [2.75, 3.05) is 24.4 Å². The summed E-state index contributed by atoms with van der Waals surface area (Å²) in [5, 5.41) is 2.59. The summed E-state index contributed by atoms with van der Waals surface area (Å²) >= 11 is 0. The number of sulfonamides is 1. The van der Waals surface area contributed by atoms with Gasteiger partial charge in [-0.3, -0.25) is 13.9 Å². The Hall–Kier alpha value is -3.65. The largest absolute Gasteiger partial charge is 0.357 e. The number of hydrogen-bond acceptors (Lipinski definition) is 4. The Morgan fingerprint density at radius 3 is 1.95 bits per heavy atom. The van der Waals surface area contributed by atoms with Crippen LogP contribution in [-0.2, 0) is 26.0 Å². The molecule has 0 bridgehead atoms. The first-order chi connectivity index (χ1) is 17.6. The molecule has 7 nitrogen and oxygen atoms in total. The van der Waals surface area contributed by atoms with Gasteiger partial charge in [0.15, 0.2) is 0 Å². The maximum atomic E-state index is 13.7. The third-order valence-electron chi connectivity index (χ3n) is 6.36. The lowest BCUT2D eigenvalue weighted by Crippen LogP contribution is -2.51. The molecule has 0 aliphatic rings. The Labute approximate surface area is 220 Å². The van der Waals surface area contributed by atoms with E-state index in [0.717, 1.165) is 15.4 Å². The molecule has 1 atom stereocenters. The van der Waals surface area contributed by atoms with E-state index in [1.54, 1.807) is 37.3 Å². The van der Waals surface area contributed by atoms with Gasteiger partial charge in [-0.1, -0.05) is 74.5 Å². The first kappa shape index (κ1) is 27.9. The van der Waals surface area contributed by atoms with Crippen LogP contribution in [0.2, 0.25) is 0 Å². The Kier molecular flexibility index (Phi) is 9.47. The fourth-order valence-electron chi connectivity index (χ4n) is 4.05. The number of likely N-dealkylation sites (N-methyl/N-ethyl adjacent to an activating group) is 1. The predicted molar refractivity (Wildman–Crippen MR) is 147 cm³/mol. The SMILES string of the molecule is CNC(=O)[C@@H](C)N(CCc1ccccc1)C(=O)CN(c1ccc(C(C)C)cc1)S(=O)(=O)c1ccccc1. The second-order valence-corrected chi connectivity index (χ2v) is 11.0. The molecule has 0 saturated carbocycles. The van der Waals surface area contributed by atoms with Gasteiger partial charge in [0.1, 0.15) is 12.6 Å². The monoisotopic (exact) mass is 521 g/mol. The van der Waals surface area contributed by atoms with E-state index in [4.69, 9.17) is 0 Å². The summed E-state index contributed by atoms with van der Waals surface area (Å²) in [4.78, 5) is 27.7. The Bertz CT molecular complexity index is 1280. The molecule has 0 radical (unpaired) electrons. The minimum Gasteiger partial charge on any atom is -0.357 e. The predicted octanol–water partition coefficient (Wildman–Crippen LogP) is 4.21. The highest BCUT2D eigenvalue weighted by Gasteiger charge is 2.32. The molecule has 0 aliphatic heterocycles. The number of anilines is 1. The fraction of sp³-hybridized carbons (Fsp3) is 0.310. The molecular formula is C29H35N3O4S. The summed E-state index contributed by atoms with van der Waals surface area (Å²) in [7, 11) is -2.53. The molecule has 37 heavy (non-hydrogen) atoms. The molecule has 8 heteroatoms. The minimum atomic E-state index is -4.05. The van der Waals surface area contributed by atoms with Crippen molar-refractivity contribution in [3.63, 3.8) is 0 Å². The lowest BCUT2D eigenvalue weighted by atomic mass is 10.0. The minimum absolute atomic E-state index is 0.0888. The van der Waals surface area contributed by atoms with E-state index in [0.29, 0.717) is 12.1 Å². The third-order valence-corrected chi connectivity index (χ3v) is 8.14. The Morgan fingerprint density at radius 1 is 0.838 bits per heavy atom. The van der Waals surface area contributed by atoms with Crippen molar-refractivity contribution in [2.24, 2.45) is 0 Å². The van der Waals surface area contributed by atoms with Crippen molar-refractivity contribution in [1.29, 1.82) is 0 Å². The fourth-order valence-corrected chi connectivity index (χ4v) is 5.49. The molecule has 3 rings (SSSR count). The second kappa shape index (κ2) is 12.5. The molecule has 2 amide bonds. The molecule has 0 spiro atoms. The molecule has 0 heterocycles. The smallest absolute Gasteiger partial charge is 0.264 e. The van der Waals surface area contributed by atoms with E-state index in [-0.39, 0.29) is 23.3 Å². The number of nitrogens with zero attached hydrogens (tertiary/aromatic N) is 2. The van der Waals surface area contributed by atoms with E-state index < -0.39 is 28.5 Å². The maximum Gasteiger partial charge on any atom is 0.264 e. The van der Waals surface area contributed by atoms with Crippen LogP contribution in [0.5, 0.6) is 0 Å². The summed E-state index contributed by atoms with van der Waals surface area (Å²) in [6.07, 6.45) is 0.530. The van der Waals surface area contributed by atoms with Crippen LogP contribution in [0.4, 0.5) is 5.69 Å². The quantitative estimate of drug-likeness (QED) is 0.410. The number of benzene rings is 3. The zero-order chi connectivity index (χ0) is 27.0. The first-order valence-electron chi connectivity index (χ1n) is 12.4. The van der Waals surface area contributed by atoms with Crippen LogP contribution in [0, 0.1) is 0 Å². The zero-order valence-corrected chi connectivity index (χ0v) is 22.6. The number of amides is 2. The van der Waals surface area contributed by atoms with E-state index in [1.165, 1.54) is 24.1 Å². The van der Waals surface area contributed by atoms with Crippen molar-refractivity contribution in [3.8, 4) is 0 Å². The molecule has 0 saturated heterocycles. The van der Waals surface area contributed by atoms with E-state index in [1.807, 2.05) is 42.5 Å². The first-order valence-corrected chi connectivity index (χ1v) is 13.8. The summed E-state index contributed by atoms with van der Waals surface area (Å²) < 4.78 is 28.6. The molecule has 0 aromatic heterocycles. The van der Waals surface area contributed by atoms with Crippen LogP contribution >= 0.6 is 0 Å².